The number of phenolic OH excluding ortho intramolecular Hbond substituents is 1. The summed E-state index contributed by atoms with van der Waals surface area (Å²) >= 11 is 0. The summed E-state index contributed by atoms with van der Waals surface area (Å²) in [6.45, 7) is -0.408. The molecular weight excluding hydrogens is 272 g/mol. The summed E-state index contributed by atoms with van der Waals surface area (Å²) in [4.78, 5) is 22.6. The summed E-state index contributed by atoms with van der Waals surface area (Å²) in [6.07, 6.45) is 0. The molecule has 0 saturated carbocycles. The van der Waals surface area contributed by atoms with Crippen molar-refractivity contribution in [1.82, 2.24) is 0 Å². The first-order valence-corrected chi connectivity index (χ1v) is 6.23. The first-order valence-electron chi connectivity index (χ1n) is 6.23. The maximum atomic E-state index is 11.7. The minimum atomic E-state index is -0.607. The Hall–Kier alpha value is -2.82. The Bertz CT molecular complexity index is 629. The fourth-order valence-corrected chi connectivity index (χ4v) is 1.72. The number of phenols is 1. The molecular formula is C16H14O5. The number of hydrogen-bond acceptors (Lipinski definition) is 5. The van der Waals surface area contributed by atoms with Gasteiger partial charge in [0, 0.05) is 0 Å². The molecule has 5 heteroatoms. The molecule has 0 spiro atoms. The van der Waals surface area contributed by atoms with Crippen LogP contribution in [0.5, 0.6) is 5.75 Å². The number of hydrogen-bond donors (Lipinski definition) is 1. The predicted molar refractivity (Wildman–Crippen MR) is 75.8 cm³/mol. The third kappa shape index (κ3) is 3.82. The number of rotatable bonds is 4. The van der Waals surface area contributed by atoms with Crippen molar-refractivity contribution in [2.24, 2.45) is 0 Å². The molecule has 0 radical (unpaired) electrons. The van der Waals surface area contributed by atoms with Gasteiger partial charge in [-0.1, -0.05) is 24.3 Å². The summed E-state index contributed by atoms with van der Waals surface area (Å²) in [5.74, 6) is -0.997. The molecule has 0 saturated heterocycles. The van der Waals surface area contributed by atoms with Crippen molar-refractivity contribution < 1.29 is 24.2 Å². The van der Waals surface area contributed by atoms with E-state index in [9.17, 15) is 14.7 Å². The average molecular weight is 286 g/mol. The Labute approximate surface area is 121 Å². The quantitative estimate of drug-likeness (QED) is 0.874. The smallest absolute Gasteiger partial charge is 0.344 e. The zero-order valence-electron chi connectivity index (χ0n) is 11.4. The minimum Gasteiger partial charge on any atom is -0.508 e. The summed E-state index contributed by atoms with van der Waals surface area (Å²) < 4.78 is 9.18. The standard InChI is InChI=1S/C16H14O5/c1-20-15(18)10-21-16(19)13-4-2-11(3-5-13)12-6-8-14(17)9-7-12/h2-9,17H,10H2,1H3. The van der Waals surface area contributed by atoms with Crippen LogP contribution in [0.15, 0.2) is 48.5 Å². The van der Waals surface area contributed by atoms with Crippen molar-refractivity contribution in [2.45, 2.75) is 0 Å². The molecule has 1 N–H and O–H groups in total. The van der Waals surface area contributed by atoms with Gasteiger partial charge in [0.25, 0.3) is 0 Å². The number of ether oxygens (including phenoxy) is 2. The van der Waals surface area contributed by atoms with Gasteiger partial charge in [-0.25, -0.2) is 9.59 Å². The van der Waals surface area contributed by atoms with Gasteiger partial charge >= 0.3 is 11.9 Å². The highest BCUT2D eigenvalue weighted by molar-refractivity contribution is 5.91. The zero-order valence-corrected chi connectivity index (χ0v) is 11.4. The van der Waals surface area contributed by atoms with E-state index in [0.717, 1.165) is 11.1 Å². The van der Waals surface area contributed by atoms with E-state index in [2.05, 4.69) is 4.74 Å². The van der Waals surface area contributed by atoms with Gasteiger partial charge in [0.05, 0.1) is 12.7 Å². The lowest BCUT2D eigenvalue weighted by Crippen LogP contribution is -2.14. The SMILES string of the molecule is COC(=O)COC(=O)c1ccc(-c2ccc(O)cc2)cc1. The molecule has 21 heavy (non-hydrogen) atoms. The number of esters is 2. The molecule has 0 bridgehead atoms. The van der Waals surface area contributed by atoms with Crippen molar-refractivity contribution >= 4 is 11.9 Å². The second-order valence-corrected chi connectivity index (χ2v) is 4.28. The Morgan fingerprint density at radius 2 is 1.48 bits per heavy atom. The molecule has 5 nitrogen and oxygen atoms in total. The molecule has 2 aromatic carbocycles. The topological polar surface area (TPSA) is 72.8 Å². The van der Waals surface area contributed by atoms with Crippen molar-refractivity contribution in [3.05, 3.63) is 54.1 Å². The third-order valence-electron chi connectivity index (χ3n) is 2.87. The summed E-state index contributed by atoms with van der Waals surface area (Å²) in [6, 6.07) is 13.5. The van der Waals surface area contributed by atoms with E-state index in [0.29, 0.717) is 5.56 Å². The van der Waals surface area contributed by atoms with E-state index in [1.54, 1.807) is 48.5 Å². The number of aromatic hydroxyl groups is 1. The Morgan fingerprint density at radius 1 is 0.952 bits per heavy atom. The van der Waals surface area contributed by atoms with Gasteiger partial charge in [0.1, 0.15) is 5.75 Å². The van der Waals surface area contributed by atoms with Crippen LogP contribution in [0.1, 0.15) is 10.4 Å². The van der Waals surface area contributed by atoms with Crippen LogP contribution >= 0.6 is 0 Å². The maximum Gasteiger partial charge on any atom is 0.344 e. The largest absolute Gasteiger partial charge is 0.508 e. The van der Waals surface area contributed by atoms with Crippen LogP contribution in [0.3, 0.4) is 0 Å². The van der Waals surface area contributed by atoms with Gasteiger partial charge in [-0.3, -0.25) is 0 Å². The number of carbonyl (C=O) groups is 2. The van der Waals surface area contributed by atoms with Crippen molar-refractivity contribution in [2.75, 3.05) is 13.7 Å². The first-order chi connectivity index (χ1) is 10.1. The molecule has 0 fully saturated rings. The van der Waals surface area contributed by atoms with E-state index in [1.807, 2.05) is 0 Å². The molecule has 0 heterocycles. The molecule has 0 aliphatic heterocycles. The van der Waals surface area contributed by atoms with Gasteiger partial charge in [-0.2, -0.15) is 0 Å². The highest BCUT2D eigenvalue weighted by Gasteiger charge is 2.10. The van der Waals surface area contributed by atoms with Crippen LogP contribution in [-0.2, 0) is 14.3 Å². The van der Waals surface area contributed by atoms with Crippen LogP contribution < -0.4 is 0 Å². The van der Waals surface area contributed by atoms with Crippen molar-refractivity contribution in [3.8, 4) is 16.9 Å². The molecule has 2 rings (SSSR count). The average Bonchev–Trinajstić information content (AvgIpc) is 2.53. The van der Waals surface area contributed by atoms with Crippen LogP contribution in [0.4, 0.5) is 0 Å². The summed E-state index contributed by atoms with van der Waals surface area (Å²) in [7, 11) is 1.22. The highest BCUT2D eigenvalue weighted by atomic mass is 16.6. The lowest BCUT2D eigenvalue weighted by atomic mass is 10.0. The zero-order chi connectivity index (χ0) is 15.2. The van der Waals surface area contributed by atoms with E-state index in [-0.39, 0.29) is 5.75 Å². The monoisotopic (exact) mass is 286 g/mol. The van der Waals surface area contributed by atoms with Gasteiger partial charge < -0.3 is 14.6 Å². The highest BCUT2D eigenvalue weighted by Crippen LogP contribution is 2.22. The normalized spacial score (nSPS) is 9.95. The molecule has 2 aromatic rings. The number of methoxy groups -OCH3 is 1. The van der Waals surface area contributed by atoms with Crippen LogP contribution in [-0.4, -0.2) is 30.8 Å². The van der Waals surface area contributed by atoms with Crippen molar-refractivity contribution in [1.29, 1.82) is 0 Å². The molecule has 108 valence electrons. The second kappa shape index (κ2) is 6.56. The fraction of sp³-hybridized carbons (Fsp3) is 0.125. The van der Waals surface area contributed by atoms with E-state index >= 15 is 0 Å². The first kappa shape index (κ1) is 14.6. The molecule has 0 aromatic heterocycles. The van der Waals surface area contributed by atoms with Crippen molar-refractivity contribution in [3.63, 3.8) is 0 Å². The maximum absolute atomic E-state index is 11.7. The van der Waals surface area contributed by atoms with Gasteiger partial charge in [0.15, 0.2) is 6.61 Å². The predicted octanol–water partition coefficient (Wildman–Crippen LogP) is 2.39. The second-order valence-electron chi connectivity index (χ2n) is 4.28. The lowest BCUT2D eigenvalue weighted by Gasteiger charge is -2.05. The fourth-order valence-electron chi connectivity index (χ4n) is 1.72. The van der Waals surface area contributed by atoms with Crippen LogP contribution in [0.2, 0.25) is 0 Å². The Balaban J connectivity index is 2.06. The molecule has 0 aliphatic rings. The lowest BCUT2D eigenvalue weighted by molar-refractivity contribution is -0.144. The molecule has 0 amide bonds. The molecule has 0 atom stereocenters. The number of carbonyl (C=O) groups excluding carboxylic acids is 2. The third-order valence-corrected chi connectivity index (χ3v) is 2.87. The van der Waals surface area contributed by atoms with Gasteiger partial charge in [-0.05, 0) is 35.4 Å². The van der Waals surface area contributed by atoms with Gasteiger partial charge in [-0.15, -0.1) is 0 Å². The Kier molecular flexibility index (Phi) is 4.56. The number of benzene rings is 2. The minimum absolute atomic E-state index is 0.196. The Morgan fingerprint density at radius 3 is 2.00 bits per heavy atom. The summed E-state index contributed by atoms with van der Waals surface area (Å²) in [5, 5.41) is 9.25. The van der Waals surface area contributed by atoms with E-state index in [4.69, 9.17) is 4.74 Å². The summed E-state index contributed by atoms with van der Waals surface area (Å²) in [5.41, 5.74) is 2.17. The van der Waals surface area contributed by atoms with E-state index < -0.39 is 18.5 Å². The van der Waals surface area contributed by atoms with Crippen LogP contribution in [0, 0.1) is 0 Å². The molecule has 0 aliphatic carbocycles. The van der Waals surface area contributed by atoms with E-state index in [1.165, 1.54) is 7.11 Å². The van der Waals surface area contributed by atoms with Crippen LogP contribution in [0.25, 0.3) is 11.1 Å². The van der Waals surface area contributed by atoms with Gasteiger partial charge in [0.2, 0.25) is 0 Å². The molecule has 0 unspecified atom stereocenters.